The summed E-state index contributed by atoms with van der Waals surface area (Å²) in [5.74, 6) is 0.150. The monoisotopic (exact) mass is 274 g/mol. The molecule has 0 amide bonds. The topological polar surface area (TPSA) is 85.7 Å². The van der Waals surface area contributed by atoms with Gasteiger partial charge in [0.15, 0.2) is 0 Å². The van der Waals surface area contributed by atoms with Gasteiger partial charge in [-0.15, -0.1) is 0 Å². The molecule has 2 rings (SSSR count). The number of rotatable bonds is 4. The van der Waals surface area contributed by atoms with Crippen LogP contribution in [0.4, 0.5) is 0 Å². The number of hydrogen-bond acceptors (Lipinski definition) is 5. The van der Waals surface area contributed by atoms with E-state index in [1.807, 2.05) is 31.2 Å². The van der Waals surface area contributed by atoms with Gasteiger partial charge in [0.1, 0.15) is 11.6 Å². The molecule has 20 heavy (non-hydrogen) atoms. The lowest BCUT2D eigenvalue weighted by Gasteiger charge is -2.33. The molecule has 0 aromatic heterocycles. The van der Waals surface area contributed by atoms with Gasteiger partial charge in [0, 0.05) is 11.3 Å². The zero-order chi connectivity index (χ0) is 14.8. The lowest BCUT2D eigenvalue weighted by molar-refractivity contribution is 0.377. The van der Waals surface area contributed by atoms with E-state index < -0.39 is 5.79 Å². The summed E-state index contributed by atoms with van der Waals surface area (Å²) in [7, 11) is 1.63. The van der Waals surface area contributed by atoms with Crippen molar-refractivity contribution >= 4 is 5.84 Å². The molecular weight excluding hydrogens is 252 g/mol. The Morgan fingerprint density at radius 1 is 1.40 bits per heavy atom. The van der Waals surface area contributed by atoms with Gasteiger partial charge in [0.25, 0.3) is 0 Å². The summed E-state index contributed by atoms with van der Waals surface area (Å²) < 4.78 is 5.27. The number of amidine groups is 1. The molecule has 5 heteroatoms. The lowest BCUT2D eigenvalue weighted by atomic mass is 10.00. The minimum absolute atomic E-state index is 0.442. The third kappa shape index (κ3) is 2.77. The van der Waals surface area contributed by atoms with E-state index in [9.17, 15) is 0 Å². The van der Waals surface area contributed by atoms with E-state index in [1.54, 1.807) is 7.11 Å². The second kappa shape index (κ2) is 5.54. The highest BCUT2D eigenvalue weighted by Crippen LogP contribution is 2.28. The molecule has 0 spiro atoms. The van der Waals surface area contributed by atoms with Gasteiger partial charge in [0.05, 0.1) is 7.11 Å². The number of nitrogens with zero attached hydrogens (tertiary/aromatic N) is 1. The molecule has 0 fully saturated rings. The summed E-state index contributed by atoms with van der Waals surface area (Å²) in [5, 5.41) is 3.29. The highest BCUT2D eigenvalue weighted by molar-refractivity contribution is 5.93. The van der Waals surface area contributed by atoms with E-state index in [-0.39, 0.29) is 0 Å². The van der Waals surface area contributed by atoms with Gasteiger partial charge < -0.3 is 15.8 Å². The predicted octanol–water partition coefficient (Wildman–Crippen LogP) is 1.72. The molecule has 0 saturated carbocycles. The zero-order valence-electron chi connectivity index (χ0n) is 12.2. The fraction of sp³-hybridized carbons (Fsp3) is 0.400. The Morgan fingerprint density at radius 3 is 2.80 bits per heavy atom. The summed E-state index contributed by atoms with van der Waals surface area (Å²) in [6.07, 6.45) is 3.74. The minimum atomic E-state index is -1.04. The van der Waals surface area contributed by atoms with Crippen LogP contribution in [0.1, 0.15) is 30.9 Å². The van der Waals surface area contributed by atoms with Gasteiger partial charge in [-0.05, 0) is 37.1 Å². The summed E-state index contributed by atoms with van der Waals surface area (Å²) in [6.45, 7) is 4.11. The van der Waals surface area contributed by atoms with Gasteiger partial charge in [0.2, 0.25) is 5.79 Å². The number of ether oxygens (including phenoxy) is 1. The number of nitrogens with one attached hydrogen (secondary N) is 1. The van der Waals surface area contributed by atoms with Crippen molar-refractivity contribution in [3.8, 4) is 5.75 Å². The van der Waals surface area contributed by atoms with Gasteiger partial charge in [-0.2, -0.15) is 0 Å². The fourth-order valence-corrected chi connectivity index (χ4v) is 2.39. The van der Waals surface area contributed by atoms with Crippen LogP contribution in [0, 0.1) is 6.92 Å². The number of methoxy groups -OCH3 is 1. The Labute approximate surface area is 119 Å². The Hall–Kier alpha value is -2.01. The van der Waals surface area contributed by atoms with Crippen LogP contribution in [-0.2, 0) is 5.79 Å². The first-order valence-electron chi connectivity index (χ1n) is 6.76. The standard InChI is InChI=1S/C15H22N4O/c1-4-5-11-8-14(16)19-15(17,18-11)13-9-12(20-3)7-6-10(13)2/h6-9,18H,4-5,17H2,1-3H3,(H2,16,19). The van der Waals surface area contributed by atoms with E-state index in [0.717, 1.165) is 35.4 Å². The van der Waals surface area contributed by atoms with E-state index in [2.05, 4.69) is 17.2 Å². The molecule has 1 aliphatic rings. The van der Waals surface area contributed by atoms with Crippen LogP contribution in [0.2, 0.25) is 0 Å². The molecule has 1 heterocycles. The Morgan fingerprint density at radius 2 is 2.15 bits per heavy atom. The molecule has 5 nitrogen and oxygen atoms in total. The maximum atomic E-state index is 6.44. The molecular formula is C15H22N4O. The fourth-order valence-electron chi connectivity index (χ4n) is 2.39. The normalized spacial score (nSPS) is 21.8. The molecule has 1 aromatic rings. The van der Waals surface area contributed by atoms with Crippen LogP contribution in [0.3, 0.4) is 0 Å². The largest absolute Gasteiger partial charge is 0.497 e. The van der Waals surface area contributed by atoms with Crippen LogP contribution in [0.25, 0.3) is 0 Å². The van der Waals surface area contributed by atoms with Gasteiger partial charge in [-0.1, -0.05) is 19.4 Å². The first kappa shape index (κ1) is 14.4. The summed E-state index contributed by atoms with van der Waals surface area (Å²) in [5.41, 5.74) is 15.3. The summed E-state index contributed by atoms with van der Waals surface area (Å²) in [6, 6.07) is 5.77. The second-order valence-corrected chi connectivity index (χ2v) is 5.03. The number of benzene rings is 1. The average Bonchev–Trinajstić information content (AvgIpc) is 2.38. The van der Waals surface area contributed by atoms with E-state index in [0.29, 0.717) is 5.84 Å². The van der Waals surface area contributed by atoms with Gasteiger partial charge in [-0.3, -0.25) is 5.73 Å². The van der Waals surface area contributed by atoms with Crippen molar-refractivity contribution in [2.75, 3.05) is 7.11 Å². The highest BCUT2D eigenvalue weighted by atomic mass is 16.5. The molecule has 0 radical (unpaired) electrons. The molecule has 108 valence electrons. The van der Waals surface area contributed by atoms with Crippen molar-refractivity contribution in [1.29, 1.82) is 0 Å². The van der Waals surface area contributed by atoms with E-state index in [1.165, 1.54) is 0 Å². The van der Waals surface area contributed by atoms with Crippen LogP contribution >= 0.6 is 0 Å². The smallest absolute Gasteiger partial charge is 0.211 e. The molecule has 1 aromatic carbocycles. The Balaban J connectivity index is 2.43. The third-order valence-corrected chi connectivity index (χ3v) is 3.35. The minimum Gasteiger partial charge on any atom is -0.497 e. The van der Waals surface area contributed by atoms with Gasteiger partial charge in [-0.25, -0.2) is 4.99 Å². The zero-order valence-corrected chi connectivity index (χ0v) is 12.2. The molecule has 0 bridgehead atoms. The molecule has 1 atom stereocenters. The van der Waals surface area contributed by atoms with Crippen LogP contribution in [0.5, 0.6) is 5.75 Å². The van der Waals surface area contributed by atoms with Gasteiger partial charge >= 0.3 is 0 Å². The SMILES string of the molecule is CCCC1=CC(N)=NC(N)(c2cc(OC)ccc2C)N1. The number of aliphatic imine (C=N–C) groups is 1. The first-order chi connectivity index (χ1) is 9.48. The van der Waals surface area contributed by atoms with Crippen LogP contribution in [0.15, 0.2) is 35.0 Å². The van der Waals surface area contributed by atoms with E-state index >= 15 is 0 Å². The van der Waals surface area contributed by atoms with Crippen LogP contribution in [-0.4, -0.2) is 12.9 Å². The van der Waals surface area contributed by atoms with Crippen molar-refractivity contribution in [1.82, 2.24) is 5.32 Å². The Kier molecular flexibility index (Phi) is 3.99. The molecule has 0 aliphatic carbocycles. The molecule has 1 unspecified atom stereocenters. The molecule has 5 N–H and O–H groups in total. The third-order valence-electron chi connectivity index (χ3n) is 3.35. The second-order valence-electron chi connectivity index (χ2n) is 5.03. The van der Waals surface area contributed by atoms with Crippen molar-refractivity contribution in [2.24, 2.45) is 16.5 Å². The summed E-state index contributed by atoms with van der Waals surface area (Å²) >= 11 is 0. The van der Waals surface area contributed by atoms with Crippen LogP contribution < -0.4 is 21.5 Å². The lowest BCUT2D eigenvalue weighted by Crippen LogP contribution is -2.52. The quantitative estimate of drug-likeness (QED) is 0.780. The number of allylic oxidation sites excluding steroid dienone is 1. The highest BCUT2D eigenvalue weighted by Gasteiger charge is 2.31. The van der Waals surface area contributed by atoms with Crippen molar-refractivity contribution in [3.63, 3.8) is 0 Å². The maximum absolute atomic E-state index is 6.44. The van der Waals surface area contributed by atoms with Crippen molar-refractivity contribution in [2.45, 2.75) is 32.5 Å². The molecule has 0 saturated heterocycles. The number of aryl methyl sites for hydroxylation is 1. The average molecular weight is 274 g/mol. The maximum Gasteiger partial charge on any atom is 0.211 e. The van der Waals surface area contributed by atoms with E-state index in [4.69, 9.17) is 16.2 Å². The van der Waals surface area contributed by atoms with Crippen molar-refractivity contribution in [3.05, 3.63) is 41.1 Å². The van der Waals surface area contributed by atoms with Crippen molar-refractivity contribution < 1.29 is 4.74 Å². The number of nitrogens with two attached hydrogens (primary N) is 2. The number of hydrogen-bond donors (Lipinski definition) is 3. The first-order valence-corrected chi connectivity index (χ1v) is 6.76. The summed E-state index contributed by atoms with van der Waals surface area (Å²) in [4.78, 5) is 4.38. The Bertz CT molecular complexity index is 565. The molecule has 1 aliphatic heterocycles. The predicted molar refractivity (Wildman–Crippen MR) is 81.3 cm³/mol.